The molecule has 0 aliphatic heterocycles. The van der Waals surface area contributed by atoms with Gasteiger partial charge in [0, 0.05) is 0 Å². The third-order valence-corrected chi connectivity index (χ3v) is 2.20. The SMILES string of the molecule is CC(O)COC(C)COC(=O)c1ccccc1O. The number of aromatic hydroxyl groups is 1. The Morgan fingerprint density at radius 3 is 2.56 bits per heavy atom. The van der Waals surface area contributed by atoms with Crippen molar-refractivity contribution in [1.82, 2.24) is 0 Å². The van der Waals surface area contributed by atoms with E-state index in [9.17, 15) is 9.90 Å². The predicted molar refractivity (Wildman–Crippen MR) is 65.5 cm³/mol. The Labute approximate surface area is 106 Å². The summed E-state index contributed by atoms with van der Waals surface area (Å²) < 4.78 is 10.2. The number of aliphatic hydroxyl groups excluding tert-OH is 1. The Morgan fingerprint density at radius 1 is 1.28 bits per heavy atom. The maximum absolute atomic E-state index is 11.6. The van der Waals surface area contributed by atoms with E-state index in [-0.39, 0.29) is 30.6 Å². The third-order valence-electron chi connectivity index (χ3n) is 2.20. The lowest BCUT2D eigenvalue weighted by Crippen LogP contribution is -2.23. The summed E-state index contributed by atoms with van der Waals surface area (Å²) in [6, 6.07) is 6.17. The number of carbonyl (C=O) groups is 1. The molecule has 0 saturated carbocycles. The largest absolute Gasteiger partial charge is 0.507 e. The number of aliphatic hydroxyl groups is 1. The molecule has 2 atom stereocenters. The van der Waals surface area contributed by atoms with Gasteiger partial charge in [0.2, 0.25) is 0 Å². The lowest BCUT2D eigenvalue weighted by Gasteiger charge is -2.14. The van der Waals surface area contributed by atoms with E-state index < -0.39 is 12.1 Å². The topological polar surface area (TPSA) is 76.0 Å². The number of benzene rings is 1. The lowest BCUT2D eigenvalue weighted by atomic mass is 10.2. The molecule has 1 aromatic carbocycles. The molecule has 0 heterocycles. The summed E-state index contributed by atoms with van der Waals surface area (Å²) in [5, 5.41) is 18.5. The van der Waals surface area contributed by atoms with Gasteiger partial charge >= 0.3 is 5.97 Å². The molecule has 1 aromatic rings. The van der Waals surface area contributed by atoms with Crippen LogP contribution in [0.5, 0.6) is 5.75 Å². The highest BCUT2D eigenvalue weighted by Crippen LogP contribution is 2.16. The number of carbonyl (C=O) groups excluding carboxylic acids is 1. The molecule has 0 radical (unpaired) electrons. The molecule has 5 heteroatoms. The Morgan fingerprint density at radius 2 is 1.94 bits per heavy atom. The molecule has 0 fully saturated rings. The second-order valence-corrected chi connectivity index (χ2v) is 4.11. The van der Waals surface area contributed by atoms with Gasteiger partial charge in [-0.05, 0) is 26.0 Å². The average molecular weight is 254 g/mol. The van der Waals surface area contributed by atoms with Crippen LogP contribution in [0.1, 0.15) is 24.2 Å². The number of phenols is 1. The smallest absolute Gasteiger partial charge is 0.342 e. The summed E-state index contributed by atoms with van der Waals surface area (Å²) in [6.45, 7) is 3.61. The molecule has 100 valence electrons. The van der Waals surface area contributed by atoms with Gasteiger partial charge in [-0.3, -0.25) is 0 Å². The highest BCUT2D eigenvalue weighted by molar-refractivity contribution is 5.92. The minimum Gasteiger partial charge on any atom is -0.507 e. The van der Waals surface area contributed by atoms with Crippen molar-refractivity contribution in [3.8, 4) is 5.75 Å². The number of phenolic OH excluding ortho intramolecular Hbond substituents is 1. The van der Waals surface area contributed by atoms with Gasteiger partial charge in [0.15, 0.2) is 0 Å². The molecule has 0 amide bonds. The second kappa shape index (κ2) is 6.98. The van der Waals surface area contributed by atoms with E-state index >= 15 is 0 Å². The van der Waals surface area contributed by atoms with Crippen LogP contribution < -0.4 is 0 Å². The summed E-state index contributed by atoms with van der Waals surface area (Å²) in [6.07, 6.45) is -0.865. The Balaban J connectivity index is 2.40. The zero-order valence-electron chi connectivity index (χ0n) is 10.5. The Bertz CT molecular complexity index is 389. The molecule has 2 N–H and O–H groups in total. The fraction of sp³-hybridized carbons (Fsp3) is 0.462. The van der Waals surface area contributed by atoms with Crippen LogP contribution in [0.2, 0.25) is 0 Å². The average Bonchev–Trinajstić information content (AvgIpc) is 2.34. The highest BCUT2D eigenvalue weighted by Gasteiger charge is 2.13. The Kier molecular flexibility index (Phi) is 5.61. The molecule has 0 bridgehead atoms. The van der Waals surface area contributed by atoms with E-state index in [2.05, 4.69) is 0 Å². The molecule has 0 spiro atoms. The maximum Gasteiger partial charge on any atom is 0.342 e. The zero-order chi connectivity index (χ0) is 13.5. The van der Waals surface area contributed by atoms with Gasteiger partial charge < -0.3 is 19.7 Å². The van der Waals surface area contributed by atoms with Crippen molar-refractivity contribution < 1.29 is 24.5 Å². The summed E-state index contributed by atoms with van der Waals surface area (Å²) >= 11 is 0. The van der Waals surface area contributed by atoms with Gasteiger partial charge in [-0.1, -0.05) is 12.1 Å². The molecule has 1 rings (SSSR count). The molecule has 0 saturated heterocycles. The predicted octanol–water partition coefficient (Wildman–Crippen LogP) is 1.33. The number of hydrogen-bond donors (Lipinski definition) is 2. The monoisotopic (exact) mass is 254 g/mol. The van der Waals surface area contributed by atoms with Crippen molar-refractivity contribution in [2.45, 2.75) is 26.1 Å². The van der Waals surface area contributed by atoms with Crippen LogP contribution in [0.3, 0.4) is 0 Å². The van der Waals surface area contributed by atoms with Crippen LogP contribution in [-0.4, -0.2) is 41.6 Å². The second-order valence-electron chi connectivity index (χ2n) is 4.11. The van der Waals surface area contributed by atoms with E-state index in [0.717, 1.165) is 0 Å². The van der Waals surface area contributed by atoms with Gasteiger partial charge in [-0.2, -0.15) is 0 Å². The van der Waals surface area contributed by atoms with Crippen LogP contribution in [0, 0.1) is 0 Å². The van der Waals surface area contributed by atoms with Crippen LogP contribution >= 0.6 is 0 Å². The first-order chi connectivity index (χ1) is 8.50. The van der Waals surface area contributed by atoms with Crippen molar-refractivity contribution in [2.24, 2.45) is 0 Å². The summed E-state index contributed by atoms with van der Waals surface area (Å²) in [5.41, 5.74) is 0.125. The third kappa shape index (κ3) is 4.73. The standard InChI is InChI=1S/C13H18O5/c1-9(14)7-17-10(2)8-18-13(16)11-5-3-4-6-12(11)15/h3-6,9-10,14-15H,7-8H2,1-2H3. The maximum atomic E-state index is 11.6. The van der Waals surface area contributed by atoms with E-state index in [0.29, 0.717) is 0 Å². The van der Waals surface area contributed by atoms with E-state index in [1.165, 1.54) is 12.1 Å². The summed E-state index contributed by atoms with van der Waals surface area (Å²) in [5.74, 6) is -0.708. The van der Waals surface area contributed by atoms with E-state index in [1.807, 2.05) is 0 Å². The molecule has 0 aromatic heterocycles. The molecule has 0 aliphatic rings. The molecule has 0 aliphatic carbocycles. The zero-order valence-corrected chi connectivity index (χ0v) is 10.5. The van der Waals surface area contributed by atoms with Crippen molar-refractivity contribution >= 4 is 5.97 Å². The fourth-order valence-electron chi connectivity index (χ4n) is 1.27. The summed E-state index contributed by atoms with van der Waals surface area (Å²) in [4.78, 5) is 11.6. The first-order valence-corrected chi connectivity index (χ1v) is 5.75. The molecule has 2 unspecified atom stereocenters. The first-order valence-electron chi connectivity index (χ1n) is 5.75. The minimum absolute atomic E-state index is 0.0693. The number of para-hydroxylation sites is 1. The minimum atomic E-state index is -0.597. The van der Waals surface area contributed by atoms with Gasteiger partial charge in [-0.15, -0.1) is 0 Å². The van der Waals surface area contributed by atoms with Crippen molar-refractivity contribution in [3.63, 3.8) is 0 Å². The van der Waals surface area contributed by atoms with Crippen LogP contribution in [-0.2, 0) is 9.47 Å². The number of hydrogen-bond acceptors (Lipinski definition) is 5. The van der Waals surface area contributed by atoms with Gasteiger partial charge in [0.1, 0.15) is 17.9 Å². The van der Waals surface area contributed by atoms with Crippen molar-refractivity contribution in [1.29, 1.82) is 0 Å². The fourth-order valence-corrected chi connectivity index (χ4v) is 1.27. The molecule has 5 nitrogen and oxygen atoms in total. The van der Waals surface area contributed by atoms with Gasteiger partial charge in [-0.25, -0.2) is 4.79 Å². The van der Waals surface area contributed by atoms with Gasteiger partial charge in [0.25, 0.3) is 0 Å². The van der Waals surface area contributed by atoms with E-state index in [1.54, 1.807) is 26.0 Å². The summed E-state index contributed by atoms with van der Waals surface area (Å²) in [7, 11) is 0. The first kappa shape index (κ1) is 14.5. The Hall–Kier alpha value is -1.59. The van der Waals surface area contributed by atoms with Crippen molar-refractivity contribution in [3.05, 3.63) is 29.8 Å². The number of ether oxygens (including phenoxy) is 2. The number of rotatable bonds is 6. The normalized spacial score (nSPS) is 13.9. The number of esters is 1. The van der Waals surface area contributed by atoms with Crippen LogP contribution in [0.4, 0.5) is 0 Å². The quantitative estimate of drug-likeness (QED) is 0.749. The lowest BCUT2D eigenvalue weighted by molar-refractivity contribution is -0.0279. The van der Waals surface area contributed by atoms with Crippen molar-refractivity contribution in [2.75, 3.05) is 13.2 Å². The van der Waals surface area contributed by atoms with Crippen LogP contribution in [0.15, 0.2) is 24.3 Å². The molecule has 18 heavy (non-hydrogen) atoms. The highest BCUT2D eigenvalue weighted by atomic mass is 16.6. The van der Waals surface area contributed by atoms with Gasteiger partial charge in [0.05, 0.1) is 18.8 Å². The van der Waals surface area contributed by atoms with E-state index in [4.69, 9.17) is 14.6 Å². The molecular formula is C13H18O5. The molecular weight excluding hydrogens is 236 g/mol. The van der Waals surface area contributed by atoms with Crippen LogP contribution in [0.25, 0.3) is 0 Å².